The van der Waals surface area contributed by atoms with Gasteiger partial charge in [-0.15, -0.1) is 10.2 Å². The smallest absolute Gasteiger partial charge is 0.332 e. The van der Waals surface area contributed by atoms with Crippen molar-refractivity contribution < 1.29 is 8.83 Å². The summed E-state index contributed by atoms with van der Waals surface area (Å²) in [6.45, 7) is 0.150. The molecule has 0 aromatic carbocycles. The van der Waals surface area contributed by atoms with Crippen LogP contribution in [0, 0.1) is 0 Å². The van der Waals surface area contributed by atoms with Crippen molar-refractivity contribution in [1.82, 2.24) is 28.9 Å². The fourth-order valence-corrected chi connectivity index (χ4v) is 2.48. The van der Waals surface area contributed by atoms with Crippen molar-refractivity contribution in [3.8, 4) is 11.7 Å². The number of aryl methyl sites for hydroxylation is 1. The lowest BCUT2D eigenvalue weighted by Crippen LogP contribution is -2.37. The SMILES string of the molecule is Cn1c(=O)c2c(ncn2Cc2nnc(-c3ccco3)o2)n(C)c1=O. The van der Waals surface area contributed by atoms with Crippen LogP contribution in [0.1, 0.15) is 5.89 Å². The van der Waals surface area contributed by atoms with Gasteiger partial charge >= 0.3 is 5.69 Å². The summed E-state index contributed by atoms with van der Waals surface area (Å²) in [5.41, 5.74) is -0.279. The summed E-state index contributed by atoms with van der Waals surface area (Å²) in [4.78, 5) is 28.4. The number of hydrogen-bond acceptors (Lipinski definition) is 7. The van der Waals surface area contributed by atoms with Crippen LogP contribution in [0.2, 0.25) is 0 Å². The van der Waals surface area contributed by atoms with E-state index in [4.69, 9.17) is 8.83 Å². The van der Waals surface area contributed by atoms with E-state index >= 15 is 0 Å². The first-order valence-electron chi connectivity index (χ1n) is 7.03. The Morgan fingerprint density at radius 3 is 2.75 bits per heavy atom. The molecule has 0 saturated carbocycles. The van der Waals surface area contributed by atoms with E-state index in [1.54, 1.807) is 23.7 Å². The van der Waals surface area contributed by atoms with Crippen LogP contribution in [-0.2, 0) is 20.6 Å². The fourth-order valence-electron chi connectivity index (χ4n) is 2.48. The van der Waals surface area contributed by atoms with Gasteiger partial charge in [-0.25, -0.2) is 9.78 Å². The molecule has 0 amide bonds. The van der Waals surface area contributed by atoms with Gasteiger partial charge in [0, 0.05) is 14.1 Å². The maximum atomic E-state index is 12.4. The first-order chi connectivity index (χ1) is 11.6. The normalized spacial score (nSPS) is 11.4. The summed E-state index contributed by atoms with van der Waals surface area (Å²) in [6, 6.07) is 3.42. The summed E-state index contributed by atoms with van der Waals surface area (Å²) < 4.78 is 14.6. The van der Waals surface area contributed by atoms with E-state index in [0.29, 0.717) is 11.4 Å². The zero-order valence-electron chi connectivity index (χ0n) is 12.8. The summed E-state index contributed by atoms with van der Waals surface area (Å²) in [5, 5.41) is 7.85. The number of nitrogens with zero attached hydrogens (tertiary/aromatic N) is 6. The highest BCUT2D eigenvalue weighted by atomic mass is 16.4. The van der Waals surface area contributed by atoms with Gasteiger partial charge in [0.05, 0.1) is 12.6 Å². The van der Waals surface area contributed by atoms with E-state index in [1.165, 1.54) is 24.2 Å². The number of hydrogen-bond donors (Lipinski definition) is 0. The first-order valence-corrected chi connectivity index (χ1v) is 7.03. The molecular weight excluding hydrogens is 316 g/mol. The molecule has 0 atom stereocenters. The Hall–Kier alpha value is -3.43. The average molecular weight is 328 g/mol. The minimum absolute atomic E-state index is 0.150. The maximum Gasteiger partial charge on any atom is 0.332 e. The van der Waals surface area contributed by atoms with Crippen molar-refractivity contribution in [2.24, 2.45) is 14.1 Å². The van der Waals surface area contributed by atoms with E-state index in [1.807, 2.05) is 0 Å². The Balaban J connectivity index is 1.79. The topological polar surface area (TPSA) is 114 Å². The van der Waals surface area contributed by atoms with Crippen LogP contribution in [0.3, 0.4) is 0 Å². The minimum Gasteiger partial charge on any atom is -0.459 e. The molecule has 0 aliphatic carbocycles. The Morgan fingerprint density at radius 2 is 2.00 bits per heavy atom. The fraction of sp³-hybridized carbons (Fsp3) is 0.214. The molecule has 0 aliphatic rings. The Morgan fingerprint density at radius 1 is 1.17 bits per heavy atom. The highest BCUT2D eigenvalue weighted by Gasteiger charge is 2.17. The number of furan rings is 1. The predicted octanol–water partition coefficient (Wildman–Crippen LogP) is 0.125. The molecule has 0 spiro atoms. The molecule has 0 N–H and O–H groups in total. The molecule has 4 aromatic heterocycles. The van der Waals surface area contributed by atoms with Crippen LogP contribution in [0.15, 0.2) is 43.1 Å². The molecule has 4 aromatic rings. The predicted molar refractivity (Wildman–Crippen MR) is 81.3 cm³/mol. The van der Waals surface area contributed by atoms with Crippen molar-refractivity contribution in [1.29, 1.82) is 0 Å². The van der Waals surface area contributed by atoms with Gasteiger partial charge in [0.2, 0.25) is 5.89 Å². The van der Waals surface area contributed by atoms with Crippen LogP contribution in [-0.4, -0.2) is 28.9 Å². The van der Waals surface area contributed by atoms with E-state index in [0.717, 1.165) is 4.57 Å². The Bertz CT molecular complexity index is 1140. The Labute approximate surface area is 133 Å². The standard InChI is InChI=1S/C14H12N6O4/c1-18-11-10(13(21)19(2)14(18)22)20(7-15-11)6-9-16-17-12(24-9)8-4-3-5-23-8/h3-5,7H,6H2,1-2H3. The molecule has 122 valence electrons. The van der Waals surface area contributed by atoms with Gasteiger partial charge in [-0.05, 0) is 12.1 Å². The zero-order valence-corrected chi connectivity index (χ0v) is 12.8. The number of rotatable bonds is 3. The van der Waals surface area contributed by atoms with E-state index in [-0.39, 0.29) is 23.8 Å². The second kappa shape index (κ2) is 5.05. The van der Waals surface area contributed by atoms with Gasteiger partial charge in [-0.2, -0.15) is 0 Å². The highest BCUT2D eigenvalue weighted by Crippen LogP contribution is 2.18. The summed E-state index contributed by atoms with van der Waals surface area (Å²) in [6.07, 6.45) is 2.97. The molecule has 10 nitrogen and oxygen atoms in total. The monoisotopic (exact) mass is 328 g/mol. The third kappa shape index (κ3) is 2.00. The van der Waals surface area contributed by atoms with Crippen molar-refractivity contribution in [3.63, 3.8) is 0 Å². The van der Waals surface area contributed by atoms with Crippen LogP contribution in [0.25, 0.3) is 22.8 Å². The van der Waals surface area contributed by atoms with E-state index in [2.05, 4.69) is 15.2 Å². The van der Waals surface area contributed by atoms with Gasteiger partial charge in [0.25, 0.3) is 11.4 Å². The second-order valence-electron chi connectivity index (χ2n) is 5.23. The Kier molecular flexibility index (Phi) is 2.98. The van der Waals surface area contributed by atoms with Crippen molar-refractivity contribution in [2.45, 2.75) is 6.54 Å². The molecule has 24 heavy (non-hydrogen) atoms. The molecule has 10 heteroatoms. The van der Waals surface area contributed by atoms with Gasteiger partial charge in [-0.3, -0.25) is 13.9 Å². The molecule has 4 rings (SSSR count). The average Bonchev–Trinajstić information content (AvgIpc) is 3.31. The lowest BCUT2D eigenvalue weighted by molar-refractivity contribution is 0.470. The molecule has 0 fully saturated rings. The third-order valence-electron chi connectivity index (χ3n) is 3.72. The number of fused-ring (bicyclic) bond motifs is 1. The largest absolute Gasteiger partial charge is 0.459 e. The van der Waals surface area contributed by atoms with Gasteiger partial charge < -0.3 is 13.4 Å². The van der Waals surface area contributed by atoms with Gasteiger partial charge in [0.1, 0.15) is 6.54 Å². The van der Waals surface area contributed by atoms with Crippen molar-refractivity contribution >= 4 is 11.2 Å². The van der Waals surface area contributed by atoms with Crippen LogP contribution in [0.5, 0.6) is 0 Å². The van der Waals surface area contributed by atoms with Crippen molar-refractivity contribution in [2.75, 3.05) is 0 Å². The van der Waals surface area contributed by atoms with Gasteiger partial charge in [-0.1, -0.05) is 0 Å². The molecule has 0 radical (unpaired) electrons. The molecular formula is C14H12N6O4. The lowest BCUT2D eigenvalue weighted by atomic mass is 10.4. The molecule has 0 bridgehead atoms. The zero-order chi connectivity index (χ0) is 16.8. The molecule has 0 aliphatic heterocycles. The summed E-state index contributed by atoms with van der Waals surface area (Å²) in [5.74, 6) is 0.999. The van der Waals surface area contributed by atoms with Crippen molar-refractivity contribution in [3.05, 3.63) is 51.5 Å². The van der Waals surface area contributed by atoms with Crippen LogP contribution in [0.4, 0.5) is 0 Å². The van der Waals surface area contributed by atoms with Gasteiger partial charge in [0.15, 0.2) is 16.9 Å². The number of imidazole rings is 1. The van der Waals surface area contributed by atoms with E-state index < -0.39 is 11.2 Å². The minimum atomic E-state index is -0.435. The number of aromatic nitrogens is 6. The highest BCUT2D eigenvalue weighted by molar-refractivity contribution is 5.70. The summed E-state index contributed by atoms with van der Waals surface area (Å²) >= 11 is 0. The molecule has 4 heterocycles. The maximum absolute atomic E-state index is 12.4. The lowest BCUT2D eigenvalue weighted by Gasteiger charge is -2.04. The molecule has 0 saturated heterocycles. The molecule has 0 unspecified atom stereocenters. The van der Waals surface area contributed by atoms with E-state index in [9.17, 15) is 9.59 Å². The summed E-state index contributed by atoms with van der Waals surface area (Å²) in [7, 11) is 2.98. The van der Waals surface area contributed by atoms with Crippen LogP contribution >= 0.6 is 0 Å². The van der Waals surface area contributed by atoms with Crippen LogP contribution < -0.4 is 11.2 Å². The quantitative estimate of drug-likeness (QED) is 0.525. The third-order valence-corrected chi connectivity index (χ3v) is 3.72. The first kappa shape index (κ1) is 14.2. The second-order valence-corrected chi connectivity index (χ2v) is 5.23.